The van der Waals surface area contributed by atoms with Crippen LogP contribution in [-0.2, 0) is 6.18 Å². The average molecular weight is 337 g/mol. The third-order valence-corrected chi connectivity index (χ3v) is 4.17. The van der Waals surface area contributed by atoms with Gasteiger partial charge >= 0.3 is 6.18 Å². The highest BCUT2D eigenvalue weighted by Gasteiger charge is 2.30. The maximum absolute atomic E-state index is 12.7. The number of rotatable bonds is 3. The van der Waals surface area contributed by atoms with Crippen LogP contribution in [0.15, 0.2) is 53.9 Å². The Kier molecular flexibility index (Phi) is 4.12. The van der Waals surface area contributed by atoms with Gasteiger partial charge in [-0.05, 0) is 35.7 Å². The van der Waals surface area contributed by atoms with Crippen molar-refractivity contribution >= 4 is 28.8 Å². The van der Waals surface area contributed by atoms with E-state index in [0.717, 1.165) is 23.4 Å². The molecule has 0 saturated heterocycles. The van der Waals surface area contributed by atoms with Crippen molar-refractivity contribution in [1.82, 2.24) is 5.32 Å². The van der Waals surface area contributed by atoms with Gasteiger partial charge in [0.2, 0.25) is 0 Å². The van der Waals surface area contributed by atoms with Crippen LogP contribution in [0.2, 0.25) is 0 Å². The lowest BCUT2D eigenvalue weighted by Gasteiger charge is -2.17. The third kappa shape index (κ3) is 3.73. The van der Waals surface area contributed by atoms with Crippen molar-refractivity contribution < 1.29 is 13.2 Å². The molecule has 0 radical (unpaired) electrons. The highest BCUT2D eigenvalue weighted by Crippen LogP contribution is 2.32. The van der Waals surface area contributed by atoms with Crippen molar-refractivity contribution in [1.29, 1.82) is 0 Å². The fourth-order valence-electron chi connectivity index (χ4n) is 2.21. The summed E-state index contributed by atoms with van der Waals surface area (Å²) in [4.78, 5) is 0. The standard InChI is InChI=1S/C16H14F3N3S/c17-16(18,19)11-4-2-6-13(8-11)21-15-22-14(9-23-15)10-3-1-5-12(20)7-10/h1-9,15,21-22H,20H2. The molecule has 1 aliphatic heterocycles. The van der Waals surface area contributed by atoms with Crippen LogP contribution in [0, 0.1) is 0 Å². The summed E-state index contributed by atoms with van der Waals surface area (Å²) in [7, 11) is 0. The van der Waals surface area contributed by atoms with Gasteiger partial charge < -0.3 is 16.4 Å². The normalized spacial score (nSPS) is 17.5. The summed E-state index contributed by atoms with van der Waals surface area (Å²) >= 11 is 1.45. The van der Waals surface area contributed by atoms with Gasteiger partial charge in [0.25, 0.3) is 0 Å². The Hall–Kier alpha value is -2.28. The SMILES string of the molecule is Nc1cccc(C2=CSC(Nc3cccc(C(F)(F)F)c3)N2)c1. The molecular formula is C16H14F3N3S. The van der Waals surface area contributed by atoms with E-state index in [1.165, 1.54) is 17.8 Å². The smallest absolute Gasteiger partial charge is 0.399 e. The molecule has 120 valence electrons. The van der Waals surface area contributed by atoms with Crippen molar-refractivity contribution in [3.63, 3.8) is 0 Å². The van der Waals surface area contributed by atoms with Crippen molar-refractivity contribution in [2.45, 2.75) is 11.7 Å². The molecule has 0 fully saturated rings. The molecular weight excluding hydrogens is 323 g/mol. The van der Waals surface area contributed by atoms with Crippen molar-refractivity contribution in [3.05, 3.63) is 65.1 Å². The van der Waals surface area contributed by atoms with Gasteiger partial charge in [-0.2, -0.15) is 13.2 Å². The number of anilines is 2. The van der Waals surface area contributed by atoms with Gasteiger partial charge in [-0.25, -0.2) is 0 Å². The van der Waals surface area contributed by atoms with Crippen LogP contribution < -0.4 is 16.4 Å². The lowest BCUT2D eigenvalue weighted by Crippen LogP contribution is -2.28. The summed E-state index contributed by atoms with van der Waals surface area (Å²) in [5.74, 6) is 0. The van der Waals surface area contributed by atoms with Gasteiger partial charge in [0.05, 0.1) is 11.3 Å². The zero-order chi connectivity index (χ0) is 16.4. The summed E-state index contributed by atoms with van der Waals surface area (Å²) in [6, 6.07) is 12.6. The Morgan fingerprint density at radius 2 is 1.87 bits per heavy atom. The van der Waals surface area contributed by atoms with Gasteiger partial charge in [-0.15, -0.1) is 0 Å². The Morgan fingerprint density at radius 3 is 2.61 bits per heavy atom. The minimum Gasteiger partial charge on any atom is -0.399 e. The molecule has 0 aliphatic carbocycles. The number of nitrogen functional groups attached to an aromatic ring is 1. The summed E-state index contributed by atoms with van der Waals surface area (Å²) in [5, 5.41) is 8.17. The minimum absolute atomic E-state index is 0.241. The van der Waals surface area contributed by atoms with E-state index in [2.05, 4.69) is 10.6 Å². The fourth-order valence-corrected chi connectivity index (χ4v) is 3.09. The zero-order valence-corrected chi connectivity index (χ0v) is 12.7. The number of nitrogens with two attached hydrogens (primary N) is 1. The predicted octanol–water partition coefficient (Wildman–Crippen LogP) is 4.32. The molecule has 23 heavy (non-hydrogen) atoms. The largest absolute Gasteiger partial charge is 0.416 e. The number of nitrogens with one attached hydrogen (secondary N) is 2. The quantitative estimate of drug-likeness (QED) is 0.730. The molecule has 0 bridgehead atoms. The van der Waals surface area contributed by atoms with Crippen LogP contribution in [-0.4, -0.2) is 5.50 Å². The molecule has 0 aromatic heterocycles. The highest BCUT2D eigenvalue weighted by molar-refractivity contribution is 8.03. The highest BCUT2D eigenvalue weighted by atomic mass is 32.2. The Bertz CT molecular complexity index is 743. The van der Waals surface area contributed by atoms with E-state index in [4.69, 9.17) is 5.73 Å². The predicted molar refractivity (Wildman–Crippen MR) is 88.4 cm³/mol. The second kappa shape index (κ2) is 6.08. The number of thioether (sulfide) groups is 1. The van der Waals surface area contributed by atoms with Crippen LogP contribution in [0.1, 0.15) is 11.1 Å². The maximum Gasteiger partial charge on any atom is 0.416 e. The van der Waals surface area contributed by atoms with E-state index >= 15 is 0 Å². The number of benzene rings is 2. The molecule has 3 rings (SSSR count). The number of hydrogen-bond donors (Lipinski definition) is 3. The van der Waals surface area contributed by atoms with E-state index < -0.39 is 11.7 Å². The van der Waals surface area contributed by atoms with E-state index in [1.54, 1.807) is 12.1 Å². The first-order valence-electron chi connectivity index (χ1n) is 6.84. The second-order valence-electron chi connectivity index (χ2n) is 5.04. The summed E-state index contributed by atoms with van der Waals surface area (Å²) in [5.41, 5.74) is 7.73. The van der Waals surface area contributed by atoms with E-state index in [-0.39, 0.29) is 5.50 Å². The second-order valence-corrected chi connectivity index (χ2v) is 6.02. The van der Waals surface area contributed by atoms with Crippen molar-refractivity contribution in [2.24, 2.45) is 0 Å². The van der Waals surface area contributed by atoms with E-state index in [9.17, 15) is 13.2 Å². The van der Waals surface area contributed by atoms with E-state index in [0.29, 0.717) is 11.4 Å². The van der Waals surface area contributed by atoms with Crippen LogP contribution in [0.3, 0.4) is 0 Å². The molecule has 1 heterocycles. The van der Waals surface area contributed by atoms with Gasteiger partial charge in [-0.3, -0.25) is 0 Å². The Balaban J connectivity index is 1.68. The fraction of sp³-hybridized carbons (Fsp3) is 0.125. The van der Waals surface area contributed by atoms with Gasteiger partial charge in [-0.1, -0.05) is 30.0 Å². The third-order valence-electron chi connectivity index (χ3n) is 3.29. The van der Waals surface area contributed by atoms with Gasteiger partial charge in [0.1, 0.15) is 5.50 Å². The molecule has 1 aliphatic rings. The first kappa shape index (κ1) is 15.6. The molecule has 0 saturated carbocycles. The first-order chi connectivity index (χ1) is 10.9. The Labute approximate surface area is 135 Å². The molecule has 1 atom stereocenters. The van der Waals surface area contributed by atoms with Crippen LogP contribution in [0.5, 0.6) is 0 Å². The number of hydrogen-bond acceptors (Lipinski definition) is 4. The van der Waals surface area contributed by atoms with Crippen molar-refractivity contribution in [3.8, 4) is 0 Å². The lowest BCUT2D eigenvalue weighted by molar-refractivity contribution is -0.137. The topological polar surface area (TPSA) is 50.1 Å². The molecule has 1 unspecified atom stereocenters. The molecule has 0 amide bonds. The molecule has 4 N–H and O–H groups in total. The van der Waals surface area contributed by atoms with E-state index in [1.807, 2.05) is 23.6 Å². The van der Waals surface area contributed by atoms with Crippen molar-refractivity contribution in [2.75, 3.05) is 11.1 Å². The molecule has 3 nitrogen and oxygen atoms in total. The Morgan fingerprint density at radius 1 is 1.09 bits per heavy atom. The summed E-state index contributed by atoms with van der Waals surface area (Å²) in [6.45, 7) is 0. The van der Waals surface area contributed by atoms with Gasteiger partial charge in [0, 0.05) is 16.9 Å². The molecule has 2 aromatic rings. The number of alkyl halides is 3. The first-order valence-corrected chi connectivity index (χ1v) is 7.78. The minimum atomic E-state index is -4.35. The maximum atomic E-state index is 12.7. The summed E-state index contributed by atoms with van der Waals surface area (Å²) in [6.07, 6.45) is -4.35. The zero-order valence-electron chi connectivity index (χ0n) is 11.9. The van der Waals surface area contributed by atoms with Gasteiger partial charge in [0.15, 0.2) is 0 Å². The number of halogens is 3. The lowest BCUT2D eigenvalue weighted by atomic mass is 10.1. The molecule has 7 heteroatoms. The van der Waals surface area contributed by atoms with Crippen LogP contribution in [0.25, 0.3) is 5.70 Å². The average Bonchev–Trinajstić information content (AvgIpc) is 2.95. The summed E-state index contributed by atoms with van der Waals surface area (Å²) < 4.78 is 38.2. The molecule has 0 spiro atoms. The monoisotopic (exact) mass is 337 g/mol. The van der Waals surface area contributed by atoms with Crippen LogP contribution in [0.4, 0.5) is 24.5 Å². The molecule has 2 aromatic carbocycles. The van der Waals surface area contributed by atoms with Crippen LogP contribution >= 0.6 is 11.8 Å².